The summed E-state index contributed by atoms with van der Waals surface area (Å²) in [5, 5.41) is 3.04. The summed E-state index contributed by atoms with van der Waals surface area (Å²) in [6, 6.07) is 14.3. The lowest BCUT2D eigenvalue weighted by Crippen LogP contribution is -2.40. The van der Waals surface area contributed by atoms with Crippen LogP contribution in [-0.4, -0.2) is 24.0 Å². The SMILES string of the molecule is O=C(NCc1ccncc1)C1CCN(c2ccccc2)CC1. The number of amides is 1. The number of pyridine rings is 1. The lowest BCUT2D eigenvalue weighted by Gasteiger charge is -2.33. The van der Waals surface area contributed by atoms with E-state index in [2.05, 4.69) is 39.5 Å². The number of hydrogen-bond acceptors (Lipinski definition) is 3. The summed E-state index contributed by atoms with van der Waals surface area (Å²) in [7, 11) is 0. The first kappa shape index (κ1) is 14.6. The molecule has 0 saturated carbocycles. The maximum Gasteiger partial charge on any atom is 0.223 e. The summed E-state index contributed by atoms with van der Waals surface area (Å²) in [5.41, 5.74) is 2.34. The quantitative estimate of drug-likeness (QED) is 0.943. The number of para-hydroxylation sites is 1. The molecule has 1 aromatic heterocycles. The van der Waals surface area contributed by atoms with Crippen molar-refractivity contribution in [1.29, 1.82) is 0 Å². The number of aromatic nitrogens is 1. The Morgan fingerprint density at radius 2 is 1.77 bits per heavy atom. The summed E-state index contributed by atoms with van der Waals surface area (Å²) in [5.74, 6) is 0.298. The first-order valence-electron chi connectivity index (χ1n) is 7.79. The van der Waals surface area contributed by atoms with Gasteiger partial charge in [0.1, 0.15) is 0 Å². The number of carbonyl (C=O) groups is 1. The Balaban J connectivity index is 1.48. The Morgan fingerprint density at radius 1 is 1.09 bits per heavy atom. The van der Waals surface area contributed by atoms with Crippen LogP contribution in [0.15, 0.2) is 54.9 Å². The highest BCUT2D eigenvalue weighted by molar-refractivity contribution is 5.79. The summed E-state index contributed by atoms with van der Waals surface area (Å²) in [6.45, 7) is 2.47. The third-order valence-corrected chi connectivity index (χ3v) is 4.20. The third kappa shape index (κ3) is 3.64. The molecule has 0 spiro atoms. The van der Waals surface area contributed by atoms with Gasteiger partial charge in [-0.15, -0.1) is 0 Å². The molecule has 2 heterocycles. The minimum absolute atomic E-state index is 0.127. The van der Waals surface area contributed by atoms with Gasteiger partial charge >= 0.3 is 0 Å². The van der Waals surface area contributed by atoms with Gasteiger partial charge in [-0.3, -0.25) is 9.78 Å². The van der Waals surface area contributed by atoms with Crippen molar-refractivity contribution in [2.75, 3.05) is 18.0 Å². The molecular weight excluding hydrogens is 274 g/mol. The molecule has 2 aromatic rings. The second-order valence-electron chi connectivity index (χ2n) is 5.67. The third-order valence-electron chi connectivity index (χ3n) is 4.20. The second-order valence-corrected chi connectivity index (χ2v) is 5.67. The average Bonchev–Trinajstić information content (AvgIpc) is 2.61. The Morgan fingerprint density at radius 3 is 2.45 bits per heavy atom. The van der Waals surface area contributed by atoms with E-state index in [0.717, 1.165) is 31.5 Å². The molecule has 0 aliphatic carbocycles. The molecule has 1 saturated heterocycles. The van der Waals surface area contributed by atoms with E-state index in [1.165, 1.54) is 5.69 Å². The van der Waals surface area contributed by atoms with Gasteiger partial charge in [0.2, 0.25) is 5.91 Å². The first-order chi connectivity index (χ1) is 10.8. The second kappa shape index (κ2) is 7.07. The number of carbonyl (C=O) groups excluding carboxylic acids is 1. The highest BCUT2D eigenvalue weighted by atomic mass is 16.1. The van der Waals surface area contributed by atoms with E-state index in [1.807, 2.05) is 18.2 Å². The van der Waals surface area contributed by atoms with Crippen LogP contribution >= 0.6 is 0 Å². The topological polar surface area (TPSA) is 45.2 Å². The number of hydrogen-bond donors (Lipinski definition) is 1. The van der Waals surface area contributed by atoms with Crippen LogP contribution in [0.4, 0.5) is 5.69 Å². The predicted octanol–water partition coefficient (Wildman–Crippen LogP) is 2.61. The van der Waals surface area contributed by atoms with E-state index in [4.69, 9.17) is 0 Å². The van der Waals surface area contributed by atoms with Gasteiger partial charge in [-0.05, 0) is 42.7 Å². The van der Waals surface area contributed by atoms with E-state index in [-0.39, 0.29) is 11.8 Å². The molecule has 114 valence electrons. The molecule has 1 fully saturated rings. The monoisotopic (exact) mass is 295 g/mol. The van der Waals surface area contributed by atoms with Crippen molar-refractivity contribution in [2.24, 2.45) is 5.92 Å². The zero-order valence-electron chi connectivity index (χ0n) is 12.6. The van der Waals surface area contributed by atoms with E-state index in [0.29, 0.717) is 6.54 Å². The Hall–Kier alpha value is -2.36. The lowest BCUT2D eigenvalue weighted by molar-refractivity contribution is -0.125. The van der Waals surface area contributed by atoms with Gasteiger partial charge in [-0.25, -0.2) is 0 Å². The van der Waals surface area contributed by atoms with Gasteiger partial charge in [0.05, 0.1) is 0 Å². The number of anilines is 1. The van der Waals surface area contributed by atoms with E-state index < -0.39 is 0 Å². The Bertz CT molecular complexity index is 592. The molecule has 22 heavy (non-hydrogen) atoms. The first-order valence-corrected chi connectivity index (χ1v) is 7.79. The average molecular weight is 295 g/mol. The fraction of sp³-hybridized carbons (Fsp3) is 0.333. The van der Waals surface area contributed by atoms with Crippen molar-refractivity contribution in [3.8, 4) is 0 Å². The molecule has 0 atom stereocenters. The summed E-state index contributed by atoms with van der Waals surface area (Å²) in [6.07, 6.45) is 5.33. The van der Waals surface area contributed by atoms with Crippen molar-refractivity contribution in [3.05, 3.63) is 60.4 Å². The molecular formula is C18H21N3O. The Labute approximate surface area is 131 Å². The largest absolute Gasteiger partial charge is 0.371 e. The van der Waals surface area contributed by atoms with Crippen molar-refractivity contribution in [2.45, 2.75) is 19.4 Å². The van der Waals surface area contributed by atoms with Crippen LogP contribution in [0.1, 0.15) is 18.4 Å². The molecule has 3 rings (SSSR count). The standard InChI is InChI=1S/C18H21N3O/c22-18(20-14-15-6-10-19-11-7-15)16-8-12-21(13-9-16)17-4-2-1-3-5-17/h1-7,10-11,16H,8-9,12-14H2,(H,20,22). The number of nitrogens with zero attached hydrogens (tertiary/aromatic N) is 2. The van der Waals surface area contributed by atoms with Crippen LogP contribution in [0.25, 0.3) is 0 Å². The molecule has 1 aliphatic heterocycles. The summed E-state index contributed by atoms with van der Waals surface area (Å²) in [4.78, 5) is 18.6. The van der Waals surface area contributed by atoms with Crippen LogP contribution in [0.3, 0.4) is 0 Å². The molecule has 0 bridgehead atoms. The minimum atomic E-state index is 0.127. The normalized spacial score (nSPS) is 15.5. The smallest absolute Gasteiger partial charge is 0.223 e. The molecule has 1 aromatic carbocycles. The fourth-order valence-electron chi connectivity index (χ4n) is 2.87. The van der Waals surface area contributed by atoms with Crippen LogP contribution < -0.4 is 10.2 Å². The molecule has 1 N–H and O–H groups in total. The van der Waals surface area contributed by atoms with Gasteiger partial charge < -0.3 is 10.2 Å². The highest BCUT2D eigenvalue weighted by Crippen LogP contribution is 2.23. The summed E-state index contributed by atoms with van der Waals surface area (Å²) < 4.78 is 0. The lowest BCUT2D eigenvalue weighted by atomic mass is 9.95. The minimum Gasteiger partial charge on any atom is -0.371 e. The van der Waals surface area contributed by atoms with Crippen LogP contribution in [0.2, 0.25) is 0 Å². The van der Waals surface area contributed by atoms with Crippen molar-refractivity contribution in [1.82, 2.24) is 10.3 Å². The maximum absolute atomic E-state index is 12.3. The van der Waals surface area contributed by atoms with Crippen molar-refractivity contribution < 1.29 is 4.79 Å². The number of benzene rings is 1. The zero-order chi connectivity index (χ0) is 15.2. The van der Waals surface area contributed by atoms with E-state index in [9.17, 15) is 4.79 Å². The van der Waals surface area contributed by atoms with Gasteiger partial charge in [-0.2, -0.15) is 0 Å². The zero-order valence-corrected chi connectivity index (χ0v) is 12.6. The van der Waals surface area contributed by atoms with Crippen LogP contribution in [0.5, 0.6) is 0 Å². The van der Waals surface area contributed by atoms with Gasteiger partial charge in [0.25, 0.3) is 0 Å². The number of nitrogens with one attached hydrogen (secondary N) is 1. The molecule has 4 nitrogen and oxygen atoms in total. The van der Waals surface area contributed by atoms with Crippen molar-refractivity contribution in [3.63, 3.8) is 0 Å². The number of piperidine rings is 1. The van der Waals surface area contributed by atoms with Gasteiger partial charge in [-0.1, -0.05) is 18.2 Å². The van der Waals surface area contributed by atoms with Crippen LogP contribution in [-0.2, 0) is 11.3 Å². The molecule has 4 heteroatoms. The highest BCUT2D eigenvalue weighted by Gasteiger charge is 2.24. The molecule has 0 unspecified atom stereocenters. The predicted molar refractivity (Wildman–Crippen MR) is 87.5 cm³/mol. The van der Waals surface area contributed by atoms with Gasteiger partial charge in [0, 0.05) is 43.6 Å². The van der Waals surface area contributed by atoms with Gasteiger partial charge in [0.15, 0.2) is 0 Å². The van der Waals surface area contributed by atoms with Crippen LogP contribution in [0, 0.1) is 5.92 Å². The van der Waals surface area contributed by atoms with E-state index in [1.54, 1.807) is 12.4 Å². The summed E-state index contributed by atoms with van der Waals surface area (Å²) >= 11 is 0. The number of rotatable bonds is 4. The fourth-order valence-corrected chi connectivity index (χ4v) is 2.87. The maximum atomic E-state index is 12.3. The van der Waals surface area contributed by atoms with Crippen molar-refractivity contribution >= 4 is 11.6 Å². The molecule has 0 radical (unpaired) electrons. The molecule has 1 aliphatic rings. The van der Waals surface area contributed by atoms with E-state index >= 15 is 0 Å². The Kier molecular flexibility index (Phi) is 4.68. The molecule has 1 amide bonds.